The molecule has 5 heteroatoms. The Bertz CT molecular complexity index is 437. The number of halogens is 2. The van der Waals surface area contributed by atoms with Crippen molar-refractivity contribution in [3.05, 3.63) is 22.1 Å². The molecule has 0 saturated heterocycles. The van der Waals surface area contributed by atoms with Crippen LogP contribution < -0.4 is 0 Å². The van der Waals surface area contributed by atoms with Crippen LogP contribution in [0.1, 0.15) is 0 Å². The molecule has 0 aromatic carbocycles. The molecule has 0 spiro atoms. The second-order valence-electron chi connectivity index (χ2n) is 2.45. The molecule has 0 aliphatic carbocycles. The molecule has 0 radical (unpaired) electrons. The highest BCUT2D eigenvalue weighted by Gasteiger charge is 2.08. The highest BCUT2D eigenvalue weighted by atomic mass is 79.9. The molecule has 0 N–H and O–H groups in total. The minimum atomic E-state index is 0.479. The van der Waals surface area contributed by atoms with Gasteiger partial charge >= 0.3 is 0 Å². The van der Waals surface area contributed by atoms with E-state index in [0.717, 1.165) is 15.5 Å². The maximum absolute atomic E-state index is 5.88. The highest BCUT2D eigenvalue weighted by molar-refractivity contribution is 9.10. The lowest BCUT2D eigenvalue weighted by Crippen LogP contribution is -1.88. The molecule has 0 amide bonds. The summed E-state index contributed by atoms with van der Waals surface area (Å²) in [4.78, 5) is 7.99. The number of aryl methyl sites for hydroxylation is 1. The summed E-state index contributed by atoms with van der Waals surface area (Å²) in [6.07, 6.45) is 3.36. The Morgan fingerprint density at radius 2 is 2.25 bits per heavy atom. The second-order valence-corrected chi connectivity index (χ2v) is 3.66. The molecule has 0 fully saturated rings. The van der Waals surface area contributed by atoms with Crippen LogP contribution in [0.3, 0.4) is 0 Å². The van der Waals surface area contributed by atoms with Gasteiger partial charge in [0, 0.05) is 17.7 Å². The van der Waals surface area contributed by atoms with Gasteiger partial charge in [0.25, 0.3) is 0 Å². The Kier molecular flexibility index (Phi) is 1.81. The van der Waals surface area contributed by atoms with Crippen molar-refractivity contribution in [3.8, 4) is 0 Å². The van der Waals surface area contributed by atoms with Crippen molar-refractivity contribution in [2.75, 3.05) is 0 Å². The van der Waals surface area contributed by atoms with Crippen molar-refractivity contribution >= 4 is 38.6 Å². The number of nitrogens with zero attached hydrogens (tertiary/aromatic N) is 3. The molecule has 3 nitrogen and oxygen atoms in total. The highest BCUT2D eigenvalue weighted by Crippen LogP contribution is 2.28. The van der Waals surface area contributed by atoms with Crippen molar-refractivity contribution in [1.29, 1.82) is 0 Å². The zero-order valence-corrected chi connectivity index (χ0v) is 8.59. The van der Waals surface area contributed by atoms with Crippen LogP contribution in [0.15, 0.2) is 17.0 Å². The van der Waals surface area contributed by atoms with Gasteiger partial charge in [0.05, 0.1) is 5.39 Å². The maximum Gasteiger partial charge on any atom is 0.145 e. The van der Waals surface area contributed by atoms with Crippen LogP contribution in [0.5, 0.6) is 0 Å². The fraction of sp³-hybridized carbons (Fsp3) is 0.143. The van der Waals surface area contributed by atoms with Gasteiger partial charge in [0.15, 0.2) is 0 Å². The first-order valence-corrected chi connectivity index (χ1v) is 4.48. The number of aromatic nitrogens is 3. The average molecular weight is 246 g/mol. The third-order valence-electron chi connectivity index (χ3n) is 1.66. The third kappa shape index (κ3) is 1.03. The van der Waals surface area contributed by atoms with E-state index in [-0.39, 0.29) is 0 Å². The predicted octanol–water partition coefficient (Wildman–Crippen LogP) is 2.38. The normalized spacial score (nSPS) is 10.9. The molecule has 2 aromatic heterocycles. The Labute approximate surface area is 82.5 Å². The molecule has 12 heavy (non-hydrogen) atoms. The van der Waals surface area contributed by atoms with Gasteiger partial charge in [-0.2, -0.15) is 0 Å². The monoisotopic (exact) mass is 245 g/mol. The zero-order valence-electron chi connectivity index (χ0n) is 6.25. The molecule has 0 unspecified atom stereocenters. The fourth-order valence-corrected chi connectivity index (χ4v) is 2.14. The van der Waals surface area contributed by atoms with Crippen LogP contribution in [0.2, 0.25) is 5.15 Å². The maximum atomic E-state index is 5.88. The van der Waals surface area contributed by atoms with Gasteiger partial charge < -0.3 is 4.57 Å². The Morgan fingerprint density at radius 3 is 2.92 bits per heavy atom. The first kappa shape index (κ1) is 8.01. The predicted molar refractivity (Wildman–Crippen MR) is 51.2 cm³/mol. The van der Waals surface area contributed by atoms with E-state index in [2.05, 4.69) is 25.9 Å². The number of hydrogen-bond donors (Lipinski definition) is 0. The Balaban J connectivity index is 2.99. The lowest BCUT2D eigenvalue weighted by molar-refractivity contribution is 0.942. The number of rotatable bonds is 0. The van der Waals surface area contributed by atoms with Crippen LogP contribution in [-0.4, -0.2) is 14.5 Å². The average Bonchev–Trinajstić information content (AvgIpc) is 2.29. The minimum absolute atomic E-state index is 0.479. The van der Waals surface area contributed by atoms with Gasteiger partial charge in [-0.15, -0.1) is 0 Å². The molecule has 0 bridgehead atoms. The van der Waals surface area contributed by atoms with Gasteiger partial charge in [0.1, 0.15) is 17.1 Å². The van der Waals surface area contributed by atoms with Crippen molar-refractivity contribution in [3.63, 3.8) is 0 Å². The summed E-state index contributed by atoms with van der Waals surface area (Å²) in [6, 6.07) is 0. The lowest BCUT2D eigenvalue weighted by Gasteiger charge is -1.93. The van der Waals surface area contributed by atoms with E-state index in [4.69, 9.17) is 11.6 Å². The minimum Gasteiger partial charge on any atom is -0.334 e. The van der Waals surface area contributed by atoms with E-state index < -0.39 is 0 Å². The lowest BCUT2D eigenvalue weighted by atomic mass is 10.4. The van der Waals surface area contributed by atoms with Gasteiger partial charge in [-0.25, -0.2) is 9.97 Å². The Morgan fingerprint density at radius 1 is 1.50 bits per heavy atom. The van der Waals surface area contributed by atoms with E-state index in [0.29, 0.717) is 5.15 Å². The largest absolute Gasteiger partial charge is 0.334 e. The standard InChI is InChI=1S/C7H5BrClN3/c1-12-2-4(8)5-6(9)10-3-11-7(5)12/h2-3H,1H3. The van der Waals surface area contributed by atoms with Crippen LogP contribution in [0.25, 0.3) is 11.0 Å². The third-order valence-corrected chi connectivity index (χ3v) is 2.55. The fourth-order valence-electron chi connectivity index (χ4n) is 1.12. The molecule has 62 valence electrons. The zero-order chi connectivity index (χ0) is 8.72. The van der Waals surface area contributed by atoms with Crippen molar-refractivity contribution < 1.29 is 0 Å². The van der Waals surface area contributed by atoms with Crippen molar-refractivity contribution in [1.82, 2.24) is 14.5 Å². The number of fused-ring (bicyclic) bond motifs is 1. The molecule has 0 saturated carbocycles. The smallest absolute Gasteiger partial charge is 0.145 e. The summed E-state index contributed by atoms with van der Waals surface area (Å²) in [6.45, 7) is 0. The molecule has 2 aromatic rings. The first-order chi connectivity index (χ1) is 5.70. The number of hydrogen-bond acceptors (Lipinski definition) is 2. The van der Waals surface area contributed by atoms with E-state index in [1.807, 2.05) is 17.8 Å². The van der Waals surface area contributed by atoms with Crippen LogP contribution in [0.4, 0.5) is 0 Å². The van der Waals surface area contributed by atoms with Gasteiger partial charge in [-0.1, -0.05) is 11.6 Å². The first-order valence-electron chi connectivity index (χ1n) is 3.31. The summed E-state index contributed by atoms with van der Waals surface area (Å²) in [5.74, 6) is 0. The summed E-state index contributed by atoms with van der Waals surface area (Å²) in [7, 11) is 1.91. The van der Waals surface area contributed by atoms with Crippen LogP contribution in [-0.2, 0) is 7.05 Å². The summed E-state index contributed by atoms with van der Waals surface area (Å²) < 4.78 is 2.82. The van der Waals surface area contributed by atoms with E-state index in [1.165, 1.54) is 6.33 Å². The van der Waals surface area contributed by atoms with E-state index >= 15 is 0 Å². The molecule has 0 aliphatic heterocycles. The van der Waals surface area contributed by atoms with Crippen molar-refractivity contribution in [2.24, 2.45) is 7.05 Å². The van der Waals surface area contributed by atoms with Crippen LogP contribution in [0, 0.1) is 0 Å². The topological polar surface area (TPSA) is 30.7 Å². The van der Waals surface area contributed by atoms with E-state index in [9.17, 15) is 0 Å². The molecule has 0 aliphatic rings. The summed E-state index contributed by atoms with van der Waals surface area (Å²) in [5, 5.41) is 1.34. The molecular weight excluding hydrogens is 241 g/mol. The van der Waals surface area contributed by atoms with Gasteiger partial charge in [0.2, 0.25) is 0 Å². The summed E-state index contributed by atoms with van der Waals surface area (Å²) in [5.41, 5.74) is 0.835. The molecule has 2 heterocycles. The second kappa shape index (κ2) is 2.71. The SMILES string of the molecule is Cn1cc(Br)c2c(Cl)ncnc21. The molecular formula is C7H5BrClN3. The summed E-state index contributed by atoms with van der Waals surface area (Å²) >= 11 is 9.26. The van der Waals surface area contributed by atoms with E-state index in [1.54, 1.807) is 0 Å². The van der Waals surface area contributed by atoms with Gasteiger partial charge in [-0.05, 0) is 15.9 Å². The van der Waals surface area contributed by atoms with Crippen LogP contribution >= 0.6 is 27.5 Å². The molecule has 2 rings (SSSR count). The quantitative estimate of drug-likeness (QED) is 0.668. The van der Waals surface area contributed by atoms with Gasteiger partial charge in [-0.3, -0.25) is 0 Å². The Hall–Kier alpha value is -0.610. The molecule has 0 atom stereocenters. The van der Waals surface area contributed by atoms with Crippen molar-refractivity contribution in [2.45, 2.75) is 0 Å².